The molecule has 0 fully saturated rings. The summed E-state index contributed by atoms with van der Waals surface area (Å²) in [5.74, 6) is 0.278. The minimum Gasteiger partial charge on any atom is -0.475 e. The van der Waals surface area contributed by atoms with Crippen LogP contribution in [-0.2, 0) is 0 Å². The van der Waals surface area contributed by atoms with E-state index in [4.69, 9.17) is 4.74 Å². The molecule has 106 valence electrons. The molecule has 1 unspecified atom stereocenters. The number of alkyl halides is 3. The fraction of sp³-hybridized carbons (Fsp3) is 0.143. The van der Waals surface area contributed by atoms with E-state index >= 15 is 0 Å². The Bertz CT molecular complexity index is 558. The Morgan fingerprint density at radius 3 is 2.20 bits per heavy atom. The van der Waals surface area contributed by atoms with Crippen molar-refractivity contribution >= 4 is 12.6 Å². The highest BCUT2D eigenvalue weighted by Gasteiger charge is 2.31. The number of thiol groups is 1. The number of ether oxygens (including phenoxy) is 2. The lowest BCUT2D eigenvalue weighted by Gasteiger charge is -2.15. The van der Waals surface area contributed by atoms with Gasteiger partial charge in [0.15, 0.2) is 5.44 Å². The van der Waals surface area contributed by atoms with Crippen molar-refractivity contribution in [3.05, 3.63) is 60.2 Å². The second-order valence-electron chi connectivity index (χ2n) is 3.90. The first-order valence-corrected chi connectivity index (χ1v) is 6.21. The van der Waals surface area contributed by atoms with Gasteiger partial charge >= 0.3 is 6.36 Å². The van der Waals surface area contributed by atoms with Crippen LogP contribution in [0.4, 0.5) is 13.2 Å². The minimum absolute atomic E-state index is 0.300. The number of hydrogen-bond donors (Lipinski definition) is 1. The summed E-state index contributed by atoms with van der Waals surface area (Å²) in [6, 6.07) is 14.4. The van der Waals surface area contributed by atoms with Gasteiger partial charge in [0.1, 0.15) is 11.5 Å². The van der Waals surface area contributed by atoms with Crippen LogP contribution in [0.1, 0.15) is 11.0 Å². The maximum absolute atomic E-state index is 12.1. The summed E-state index contributed by atoms with van der Waals surface area (Å²) in [6.45, 7) is 0. The predicted octanol–water partition coefficient (Wildman–Crippen LogP) is 4.59. The molecular weight excluding hydrogens is 289 g/mol. The zero-order chi connectivity index (χ0) is 14.6. The molecule has 2 nitrogen and oxygen atoms in total. The molecule has 0 saturated carbocycles. The standard InChI is InChI=1S/C14H11F3O2S/c15-14(16,17)19-12-8-4-5-10(9-12)13(20)18-11-6-2-1-3-7-11/h1-9,13,20H. The Morgan fingerprint density at radius 2 is 1.55 bits per heavy atom. The Balaban J connectivity index is 2.10. The predicted molar refractivity (Wildman–Crippen MR) is 71.9 cm³/mol. The molecule has 0 heterocycles. The van der Waals surface area contributed by atoms with Crippen LogP contribution in [0, 0.1) is 0 Å². The second-order valence-corrected chi connectivity index (χ2v) is 4.37. The number of benzene rings is 2. The molecule has 0 aliphatic heterocycles. The van der Waals surface area contributed by atoms with Crippen LogP contribution < -0.4 is 9.47 Å². The summed E-state index contributed by atoms with van der Waals surface area (Å²) in [6.07, 6.45) is -4.72. The molecule has 0 aromatic heterocycles. The molecule has 0 amide bonds. The topological polar surface area (TPSA) is 18.5 Å². The monoisotopic (exact) mass is 300 g/mol. The molecule has 0 N–H and O–H groups in total. The molecule has 2 aromatic carbocycles. The number of hydrogen-bond acceptors (Lipinski definition) is 3. The van der Waals surface area contributed by atoms with Gasteiger partial charge in [0.05, 0.1) is 0 Å². The first-order chi connectivity index (χ1) is 9.44. The SMILES string of the molecule is FC(F)(F)Oc1cccc(C(S)Oc2ccccc2)c1. The van der Waals surface area contributed by atoms with Crippen LogP contribution in [0.5, 0.6) is 11.5 Å². The van der Waals surface area contributed by atoms with Gasteiger partial charge in [-0.05, 0) is 24.3 Å². The molecule has 20 heavy (non-hydrogen) atoms. The molecule has 0 spiro atoms. The van der Waals surface area contributed by atoms with E-state index in [1.165, 1.54) is 18.2 Å². The molecule has 1 atom stereocenters. The van der Waals surface area contributed by atoms with Gasteiger partial charge in [-0.15, -0.1) is 25.8 Å². The largest absolute Gasteiger partial charge is 0.573 e. The Hall–Kier alpha value is -1.82. The van der Waals surface area contributed by atoms with E-state index in [9.17, 15) is 13.2 Å². The van der Waals surface area contributed by atoms with Crippen molar-refractivity contribution in [1.82, 2.24) is 0 Å². The van der Waals surface area contributed by atoms with Gasteiger partial charge in [0.2, 0.25) is 0 Å². The van der Waals surface area contributed by atoms with Crippen molar-refractivity contribution < 1.29 is 22.6 Å². The highest BCUT2D eigenvalue weighted by Crippen LogP contribution is 2.29. The third kappa shape index (κ3) is 4.38. The van der Waals surface area contributed by atoms with Crippen molar-refractivity contribution in [3.8, 4) is 11.5 Å². The Kier molecular flexibility index (Phi) is 4.44. The molecule has 2 rings (SSSR count). The van der Waals surface area contributed by atoms with Crippen LogP contribution in [0.15, 0.2) is 54.6 Å². The normalized spacial score (nSPS) is 12.8. The maximum Gasteiger partial charge on any atom is 0.573 e. The van der Waals surface area contributed by atoms with Gasteiger partial charge in [0, 0.05) is 5.56 Å². The van der Waals surface area contributed by atoms with Gasteiger partial charge in [0.25, 0.3) is 0 Å². The molecular formula is C14H11F3O2S. The van der Waals surface area contributed by atoms with Crippen molar-refractivity contribution in [2.75, 3.05) is 0 Å². The molecule has 6 heteroatoms. The van der Waals surface area contributed by atoms with E-state index < -0.39 is 11.8 Å². The smallest absolute Gasteiger partial charge is 0.475 e. The summed E-state index contributed by atoms with van der Waals surface area (Å²) < 4.78 is 45.8. The zero-order valence-electron chi connectivity index (χ0n) is 10.2. The first kappa shape index (κ1) is 14.6. The molecule has 0 radical (unpaired) electrons. The summed E-state index contributed by atoms with van der Waals surface area (Å²) in [4.78, 5) is 0. The highest BCUT2D eigenvalue weighted by molar-refractivity contribution is 7.80. The van der Waals surface area contributed by atoms with Gasteiger partial charge in [-0.1, -0.05) is 30.3 Å². The minimum atomic E-state index is -4.72. The van der Waals surface area contributed by atoms with Crippen molar-refractivity contribution in [2.45, 2.75) is 11.8 Å². The number of rotatable bonds is 4. The summed E-state index contributed by atoms with van der Waals surface area (Å²) in [5, 5.41) is 0. The number of para-hydroxylation sites is 1. The molecule has 2 aromatic rings. The van der Waals surface area contributed by atoms with E-state index in [-0.39, 0.29) is 5.75 Å². The summed E-state index contributed by atoms with van der Waals surface area (Å²) in [5.41, 5.74) is -0.215. The first-order valence-electron chi connectivity index (χ1n) is 5.69. The lowest BCUT2D eigenvalue weighted by molar-refractivity contribution is -0.274. The maximum atomic E-state index is 12.1. The third-order valence-electron chi connectivity index (χ3n) is 2.37. The lowest BCUT2D eigenvalue weighted by Crippen LogP contribution is -2.17. The summed E-state index contributed by atoms with van der Waals surface area (Å²) in [7, 11) is 0. The van der Waals surface area contributed by atoms with Crippen molar-refractivity contribution in [2.24, 2.45) is 0 Å². The number of halogens is 3. The molecule has 0 bridgehead atoms. The fourth-order valence-electron chi connectivity index (χ4n) is 1.56. The van der Waals surface area contributed by atoms with Crippen molar-refractivity contribution in [1.29, 1.82) is 0 Å². The van der Waals surface area contributed by atoms with Gasteiger partial charge in [-0.25, -0.2) is 0 Å². The average Bonchev–Trinajstić information content (AvgIpc) is 2.38. The fourth-order valence-corrected chi connectivity index (χ4v) is 1.84. The van der Waals surface area contributed by atoms with E-state index in [1.807, 2.05) is 6.07 Å². The van der Waals surface area contributed by atoms with Crippen LogP contribution >= 0.6 is 12.6 Å². The van der Waals surface area contributed by atoms with Gasteiger partial charge < -0.3 is 9.47 Å². The quantitative estimate of drug-likeness (QED) is 0.657. The molecule has 0 saturated heterocycles. The molecule has 0 aliphatic carbocycles. The van der Waals surface area contributed by atoms with Crippen LogP contribution in [0.25, 0.3) is 0 Å². The van der Waals surface area contributed by atoms with Gasteiger partial charge in [-0.2, -0.15) is 0 Å². The van der Waals surface area contributed by atoms with E-state index in [2.05, 4.69) is 17.4 Å². The van der Waals surface area contributed by atoms with Crippen LogP contribution in [0.3, 0.4) is 0 Å². The van der Waals surface area contributed by atoms with E-state index in [0.29, 0.717) is 11.3 Å². The third-order valence-corrected chi connectivity index (χ3v) is 2.77. The Morgan fingerprint density at radius 1 is 0.900 bits per heavy atom. The van der Waals surface area contributed by atoms with Crippen molar-refractivity contribution in [3.63, 3.8) is 0 Å². The lowest BCUT2D eigenvalue weighted by atomic mass is 10.2. The highest BCUT2D eigenvalue weighted by atomic mass is 32.1. The Labute approximate surface area is 119 Å². The van der Waals surface area contributed by atoms with E-state index in [0.717, 1.165) is 0 Å². The summed E-state index contributed by atoms with van der Waals surface area (Å²) >= 11 is 4.23. The average molecular weight is 300 g/mol. The van der Waals surface area contributed by atoms with Gasteiger partial charge in [-0.3, -0.25) is 0 Å². The zero-order valence-corrected chi connectivity index (χ0v) is 11.1. The van der Waals surface area contributed by atoms with Crippen LogP contribution in [0.2, 0.25) is 0 Å². The van der Waals surface area contributed by atoms with Crippen LogP contribution in [-0.4, -0.2) is 6.36 Å². The van der Waals surface area contributed by atoms with E-state index in [1.54, 1.807) is 30.3 Å². The second kappa shape index (κ2) is 6.09. The molecule has 0 aliphatic rings.